The summed E-state index contributed by atoms with van der Waals surface area (Å²) in [4.78, 5) is 3.72. The fourth-order valence-corrected chi connectivity index (χ4v) is 3.78. The van der Waals surface area contributed by atoms with E-state index >= 15 is 0 Å². The molecule has 0 aliphatic heterocycles. The van der Waals surface area contributed by atoms with Crippen molar-refractivity contribution in [1.82, 2.24) is 14.3 Å². The van der Waals surface area contributed by atoms with Crippen LogP contribution in [0.5, 0.6) is 17.2 Å². The first-order valence-corrected chi connectivity index (χ1v) is 10.6. The van der Waals surface area contributed by atoms with E-state index < -0.39 is 15.8 Å². The third kappa shape index (κ3) is 5.33. The number of phenolic OH excluding ortho intramolecular Hbond substituents is 1. The molecular weight excluding hydrogens is 397 g/mol. The summed E-state index contributed by atoms with van der Waals surface area (Å²) in [5.74, 6) is -1.04. The van der Waals surface area contributed by atoms with E-state index in [-0.39, 0.29) is 28.7 Å². The number of nitrogens with zero attached hydrogens (tertiary/aromatic N) is 2. The molecule has 1 heterocycles. The maximum Gasteiger partial charge on any atom is 0.240 e. The van der Waals surface area contributed by atoms with E-state index in [0.29, 0.717) is 13.0 Å². The van der Waals surface area contributed by atoms with Crippen LogP contribution in [0.3, 0.4) is 0 Å². The average Bonchev–Trinajstić information content (AvgIpc) is 3.21. The van der Waals surface area contributed by atoms with Gasteiger partial charge < -0.3 is 14.4 Å². The normalized spacial score (nSPS) is 11.5. The lowest BCUT2D eigenvalue weighted by atomic mass is 10.1. The minimum atomic E-state index is -3.85. The van der Waals surface area contributed by atoms with E-state index in [2.05, 4.69) is 9.71 Å². The molecule has 29 heavy (non-hydrogen) atoms. The van der Waals surface area contributed by atoms with Crippen molar-refractivity contribution in [3.05, 3.63) is 66.5 Å². The molecule has 0 spiro atoms. The summed E-state index contributed by atoms with van der Waals surface area (Å²) >= 11 is 0. The number of aryl methyl sites for hydroxylation is 2. The molecule has 2 aromatic carbocycles. The number of nitrogens with one attached hydrogen (secondary N) is 1. The maximum absolute atomic E-state index is 14.4. The standard InChI is InChI=1S/C20H22FN3O4S/c1-2-15-4-6-20(18(25)12-15)28-19-7-5-16(13-17(19)21)29(26,27)23-8-3-10-24-11-9-22-14-24/h4-7,9,11-14,23,25H,2-3,8,10H2,1H3. The monoisotopic (exact) mass is 419 g/mol. The molecule has 0 unspecified atom stereocenters. The Bertz CT molecular complexity index is 1070. The van der Waals surface area contributed by atoms with Gasteiger partial charge in [0.25, 0.3) is 0 Å². The van der Waals surface area contributed by atoms with Crippen molar-refractivity contribution in [2.45, 2.75) is 31.2 Å². The van der Waals surface area contributed by atoms with Crippen molar-refractivity contribution in [2.75, 3.05) is 6.54 Å². The number of sulfonamides is 1. The second-order valence-electron chi connectivity index (χ2n) is 6.40. The highest BCUT2D eigenvalue weighted by Crippen LogP contribution is 2.33. The molecule has 0 bridgehead atoms. The first-order chi connectivity index (χ1) is 13.9. The van der Waals surface area contributed by atoms with Gasteiger partial charge in [0, 0.05) is 25.5 Å². The first-order valence-electron chi connectivity index (χ1n) is 9.14. The van der Waals surface area contributed by atoms with Crippen LogP contribution < -0.4 is 9.46 Å². The smallest absolute Gasteiger partial charge is 0.240 e. The summed E-state index contributed by atoms with van der Waals surface area (Å²) in [5.41, 5.74) is 0.913. The zero-order valence-electron chi connectivity index (χ0n) is 15.9. The van der Waals surface area contributed by atoms with Crippen LogP contribution in [0.1, 0.15) is 18.9 Å². The van der Waals surface area contributed by atoms with Crippen molar-refractivity contribution in [3.8, 4) is 17.2 Å². The fraction of sp³-hybridized carbons (Fsp3) is 0.250. The van der Waals surface area contributed by atoms with Crippen molar-refractivity contribution in [1.29, 1.82) is 0 Å². The van der Waals surface area contributed by atoms with Gasteiger partial charge in [0.05, 0.1) is 11.2 Å². The molecule has 9 heteroatoms. The van der Waals surface area contributed by atoms with Gasteiger partial charge in [-0.2, -0.15) is 0 Å². The van der Waals surface area contributed by atoms with Gasteiger partial charge in [0.1, 0.15) is 0 Å². The van der Waals surface area contributed by atoms with Gasteiger partial charge in [-0.1, -0.05) is 13.0 Å². The third-order valence-electron chi connectivity index (χ3n) is 4.31. The highest BCUT2D eigenvalue weighted by molar-refractivity contribution is 7.89. The SMILES string of the molecule is CCc1ccc(Oc2ccc(S(=O)(=O)NCCCn3ccnc3)cc2F)c(O)c1. The maximum atomic E-state index is 14.4. The fourth-order valence-electron chi connectivity index (χ4n) is 2.69. The summed E-state index contributed by atoms with van der Waals surface area (Å²) in [6.07, 6.45) is 6.39. The molecule has 3 rings (SSSR count). The number of aromatic nitrogens is 2. The van der Waals surface area contributed by atoms with Gasteiger partial charge >= 0.3 is 0 Å². The molecule has 0 fully saturated rings. The third-order valence-corrected chi connectivity index (χ3v) is 5.77. The number of imidazole rings is 1. The van der Waals surface area contributed by atoms with Crippen LogP contribution in [0.15, 0.2) is 60.0 Å². The molecule has 0 aliphatic rings. The van der Waals surface area contributed by atoms with Gasteiger partial charge in [0.15, 0.2) is 23.1 Å². The zero-order chi connectivity index (χ0) is 20.9. The molecule has 0 saturated heterocycles. The number of halogens is 1. The van der Waals surface area contributed by atoms with Gasteiger partial charge in [0.2, 0.25) is 10.0 Å². The van der Waals surface area contributed by atoms with Crippen molar-refractivity contribution >= 4 is 10.0 Å². The van der Waals surface area contributed by atoms with Crippen LogP contribution in [0, 0.1) is 5.82 Å². The Kier molecular flexibility index (Phi) is 6.50. The molecule has 0 amide bonds. The van der Waals surface area contributed by atoms with E-state index in [4.69, 9.17) is 4.74 Å². The Hall–Kier alpha value is -2.91. The van der Waals surface area contributed by atoms with Gasteiger partial charge in [-0.3, -0.25) is 0 Å². The Labute approximate surface area is 168 Å². The molecule has 1 aromatic heterocycles. The Morgan fingerprint density at radius 1 is 1.21 bits per heavy atom. The number of aromatic hydroxyl groups is 1. The number of benzene rings is 2. The van der Waals surface area contributed by atoms with E-state index in [9.17, 15) is 17.9 Å². The topological polar surface area (TPSA) is 93.5 Å². The van der Waals surface area contributed by atoms with Crippen LogP contribution in [-0.2, 0) is 23.0 Å². The largest absolute Gasteiger partial charge is 0.504 e. The Morgan fingerprint density at radius 2 is 2.00 bits per heavy atom. The molecule has 0 saturated carbocycles. The number of phenols is 1. The summed E-state index contributed by atoms with van der Waals surface area (Å²) < 4.78 is 48.8. The molecule has 0 aliphatic carbocycles. The molecule has 2 N–H and O–H groups in total. The molecule has 3 aromatic rings. The van der Waals surface area contributed by atoms with E-state index in [1.54, 1.807) is 36.9 Å². The van der Waals surface area contributed by atoms with E-state index in [0.717, 1.165) is 18.1 Å². The van der Waals surface area contributed by atoms with Crippen molar-refractivity contribution in [2.24, 2.45) is 0 Å². The average molecular weight is 419 g/mol. The van der Waals surface area contributed by atoms with Gasteiger partial charge in [-0.05, 0) is 48.7 Å². The first kappa shape index (κ1) is 20.8. The lowest BCUT2D eigenvalue weighted by Crippen LogP contribution is -2.25. The van der Waals surface area contributed by atoms with Crippen molar-refractivity contribution < 1.29 is 22.7 Å². The van der Waals surface area contributed by atoms with Crippen LogP contribution in [0.2, 0.25) is 0 Å². The Morgan fingerprint density at radius 3 is 2.66 bits per heavy atom. The lowest BCUT2D eigenvalue weighted by Gasteiger charge is -2.11. The number of rotatable bonds is 9. The van der Waals surface area contributed by atoms with Crippen LogP contribution >= 0.6 is 0 Å². The molecule has 0 radical (unpaired) electrons. The highest BCUT2D eigenvalue weighted by atomic mass is 32.2. The van der Waals surface area contributed by atoms with Crippen molar-refractivity contribution in [3.63, 3.8) is 0 Å². The molecular formula is C20H22FN3O4S. The second kappa shape index (κ2) is 9.06. The Balaban J connectivity index is 1.64. The van der Waals surface area contributed by atoms with Crippen LogP contribution in [0.25, 0.3) is 0 Å². The van der Waals surface area contributed by atoms with Crippen LogP contribution in [0.4, 0.5) is 4.39 Å². The lowest BCUT2D eigenvalue weighted by molar-refractivity contribution is 0.395. The number of ether oxygens (including phenoxy) is 1. The van der Waals surface area contributed by atoms with E-state index in [1.807, 2.05) is 11.5 Å². The molecule has 154 valence electrons. The molecule has 0 atom stereocenters. The van der Waals surface area contributed by atoms with Crippen LogP contribution in [-0.4, -0.2) is 29.6 Å². The minimum Gasteiger partial charge on any atom is -0.504 e. The summed E-state index contributed by atoms with van der Waals surface area (Å²) in [5, 5.41) is 9.99. The van der Waals surface area contributed by atoms with Gasteiger partial charge in [-0.15, -0.1) is 0 Å². The molecule has 7 nitrogen and oxygen atoms in total. The number of hydrogen-bond donors (Lipinski definition) is 2. The number of hydrogen-bond acceptors (Lipinski definition) is 5. The second-order valence-corrected chi connectivity index (χ2v) is 8.17. The quantitative estimate of drug-likeness (QED) is 0.518. The summed E-state index contributed by atoms with van der Waals surface area (Å²) in [7, 11) is -3.85. The van der Waals surface area contributed by atoms with E-state index in [1.165, 1.54) is 12.1 Å². The minimum absolute atomic E-state index is 0.0920. The summed E-state index contributed by atoms with van der Waals surface area (Å²) in [6, 6.07) is 8.22. The van der Waals surface area contributed by atoms with Gasteiger partial charge in [-0.25, -0.2) is 22.5 Å². The predicted molar refractivity (Wildman–Crippen MR) is 106 cm³/mol. The predicted octanol–water partition coefficient (Wildman–Crippen LogP) is 3.45. The zero-order valence-corrected chi connectivity index (χ0v) is 16.7. The summed E-state index contributed by atoms with van der Waals surface area (Å²) in [6.45, 7) is 2.77. The highest BCUT2D eigenvalue weighted by Gasteiger charge is 2.17.